The minimum Gasteiger partial charge on any atom is -0.455 e. The molecule has 0 spiro atoms. The molecule has 3 rings (SSSR count). The molecular formula is C20H18N2O3. The van der Waals surface area contributed by atoms with Crippen LogP contribution in [-0.4, -0.2) is 22.5 Å². The van der Waals surface area contributed by atoms with Gasteiger partial charge in [0.15, 0.2) is 0 Å². The van der Waals surface area contributed by atoms with Crippen LogP contribution in [0.5, 0.6) is 11.5 Å². The van der Waals surface area contributed by atoms with E-state index in [1.165, 1.54) is 0 Å². The van der Waals surface area contributed by atoms with Crippen molar-refractivity contribution in [1.29, 1.82) is 0 Å². The van der Waals surface area contributed by atoms with Crippen LogP contribution in [0.1, 0.15) is 22.0 Å². The Bertz CT molecular complexity index is 823. The maximum atomic E-state index is 12.5. The van der Waals surface area contributed by atoms with Gasteiger partial charge in [-0.15, -0.1) is 0 Å². The van der Waals surface area contributed by atoms with Crippen molar-refractivity contribution in [2.45, 2.75) is 6.10 Å². The number of aliphatic hydroxyl groups excluding tert-OH is 1. The van der Waals surface area contributed by atoms with Crippen LogP contribution in [0.2, 0.25) is 0 Å². The second-order valence-electron chi connectivity index (χ2n) is 5.42. The number of rotatable bonds is 6. The van der Waals surface area contributed by atoms with Crippen LogP contribution in [0.25, 0.3) is 0 Å². The van der Waals surface area contributed by atoms with Crippen LogP contribution in [0, 0.1) is 0 Å². The van der Waals surface area contributed by atoms with Gasteiger partial charge >= 0.3 is 0 Å². The monoisotopic (exact) mass is 334 g/mol. The number of ether oxygens (including phenoxy) is 1. The molecular weight excluding hydrogens is 316 g/mol. The topological polar surface area (TPSA) is 71.5 Å². The van der Waals surface area contributed by atoms with Gasteiger partial charge in [0.05, 0.1) is 17.9 Å². The lowest BCUT2D eigenvalue weighted by Gasteiger charge is -2.14. The molecule has 2 N–H and O–H groups in total. The highest BCUT2D eigenvalue weighted by Gasteiger charge is 2.15. The van der Waals surface area contributed by atoms with Gasteiger partial charge in [0.25, 0.3) is 5.91 Å². The quantitative estimate of drug-likeness (QED) is 0.725. The van der Waals surface area contributed by atoms with E-state index < -0.39 is 6.10 Å². The second kappa shape index (κ2) is 8.08. The fourth-order valence-corrected chi connectivity index (χ4v) is 2.36. The number of carbonyl (C=O) groups excluding carboxylic acids is 1. The molecule has 0 fully saturated rings. The van der Waals surface area contributed by atoms with Gasteiger partial charge in [-0.1, -0.05) is 42.5 Å². The molecule has 5 nitrogen and oxygen atoms in total. The predicted octanol–water partition coefficient (Wildman–Crippen LogP) is 3.34. The molecule has 0 saturated carbocycles. The van der Waals surface area contributed by atoms with Crippen LogP contribution >= 0.6 is 0 Å². The van der Waals surface area contributed by atoms with Crippen molar-refractivity contribution in [2.24, 2.45) is 0 Å². The zero-order chi connectivity index (χ0) is 17.5. The van der Waals surface area contributed by atoms with Gasteiger partial charge in [-0.05, 0) is 29.8 Å². The lowest BCUT2D eigenvalue weighted by Crippen LogP contribution is -2.28. The Labute approximate surface area is 145 Å². The molecule has 0 bridgehead atoms. The number of aromatic nitrogens is 1. The summed E-state index contributed by atoms with van der Waals surface area (Å²) in [4.78, 5) is 16.5. The van der Waals surface area contributed by atoms with Crippen molar-refractivity contribution in [1.82, 2.24) is 10.3 Å². The molecule has 0 unspecified atom stereocenters. The Morgan fingerprint density at radius 1 is 1.04 bits per heavy atom. The minimum atomic E-state index is -0.767. The molecule has 0 aliphatic rings. The molecule has 0 radical (unpaired) electrons. The third kappa shape index (κ3) is 4.43. The summed E-state index contributed by atoms with van der Waals surface area (Å²) in [5, 5.41) is 12.9. The Balaban J connectivity index is 1.68. The molecule has 0 aliphatic heterocycles. The Kier molecular flexibility index (Phi) is 5.39. The highest BCUT2D eigenvalue weighted by Crippen LogP contribution is 2.24. The smallest absolute Gasteiger partial charge is 0.255 e. The summed E-state index contributed by atoms with van der Waals surface area (Å²) in [5.41, 5.74) is 1.15. The highest BCUT2D eigenvalue weighted by atomic mass is 16.5. The second-order valence-corrected chi connectivity index (χ2v) is 5.42. The Morgan fingerprint density at radius 3 is 2.56 bits per heavy atom. The van der Waals surface area contributed by atoms with Crippen LogP contribution in [-0.2, 0) is 0 Å². The third-order valence-electron chi connectivity index (χ3n) is 3.63. The first-order chi connectivity index (χ1) is 12.2. The zero-order valence-electron chi connectivity index (χ0n) is 13.5. The fourth-order valence-electron chi connectivity index (χ4n) is 2.36. The normalized spacial score (nSPS) is 11.6. The molecule has 1 atom stereocenters. The van der Waals surface area contributed by atoms with E-state index in [9.17, 15) is 9.90 Å². The molecule has 1 amide bonds. The molecule has 2 aromatic carbocycles. The van der Waals surface area contributed by atoms with E-state index in [0.29, 0.717) is 17.1 Å². The standard InChI is InChI=1S/C20H18N2O3/c23-18(15-7-2-1-3-8-15)14-22-20(24)17-10-4-5-11-19(17)25-16-9-6-12-21-13-16/h1-13,18,23H,14H2,(H,22,24)/t18-/m1/s1. The first kappa shape index (κ1) is 16.7. The van der Waals surface area contributed by atoms with Crippen LogP contribution in [0.15, 0.2) is 79.1 Å². The van der Waals surface area contributed by atoms with Crippen molar-refractivity contribution < 1.29 is 14.6 Å². The Morgan fingerprint density at radius 2 is 1.80 bits per heavy atom. The lowest BCUT2D eigenvalue weighted by molar-refractivity contribution is 0.0914. The lowest BCUT2D eigenvalue weighted by atomic mass is 10.1. The van der Waals surface area contributed by atoms with Crippen molar-refractivity contribution in [3.05, 3.63) is 90.3 Å². The summed E-state index contributed by atoms with van der Waals surface area (Å²) in [6, 6.07) is 19.7. The fraction of sp³-hybridized carbons (Fsp3) is 0.100. The molecule has 1 aromatic heterocycles. The van der Waals surface area contributed by atoms with Gasteiger partial charge < -0.3 is 15.2 Å². The number of para-hydroxylation sites is 1. The van der Waals surface area contributed by atoms with Gasteiger partial charge in [-0.3, -0.25) is 9.78 Å². The molecule has 126 valence electrons. The zero-order valence-corrected chi connectivity index (χ0v) is 13.5. The van der Waals surface area contributed by atoms with Crippen LogP contribution < -0.4 is 10.1 Å². The predicted molar refractivity (Wildman–Crippen MR) is 94.5 cm³/mol. The number of nitrogens with one attached hydrogen (secondary N) is 1. The van der Waals surface area contributed by atoms with Gasteiger partial charge in [0.2, 0.25) is 0 Å². The largest absolute Gasteiger partial charge is 0.455 e. The summed E-state index contributed by atoms with van der Waals surface area (Å²) in [6.07, 6.45) is 2.46. The van der Waals surface area contributed by atoms with Crippen LogP contribution in [0.4, 0.5) is 0 Å². The van der Waals surface area contributed by atoms with E-state index in [2.05, 4.69) is 10.3 Å². The van der Waals surface area contributed by atoms with E-state index >= 15 is 0 Å². The van der Waals surface area contributed by atoms with Crippen molar-refractivity contribution in [3.8, 4) is 11.5 Å². The summed E-state index contributed by atoms with van der Waals surface area (Å²) >= 11 is 0. The number of hydrogen-bond donors (Lipinski definition) is 2. The first-order valence-electron chi connectivity index (χ1n) is 7.92. The molecule has 0 saturated heterocycles. The van der Waals surface area contributed by atoms with E-state index in [1.807, 2.05) is 30.3 Å². The number of hydrogen-bond acceptors (Lipinski definition) is 4. The number of benzene rings is 2. The summed E-state index contributed by atoms with van der Waals surface area (Å²) < 4.78 is 5.74. The molecule has 1 heterocycles. The third-order valence-corrected chi connectivity index (χ3v) is 3.63. The highest BCUT2D eigenvalue weighted by molar-refractivity contribution is 5.97. The summed E-state index contributed by atoms with van der Waals surface area (Å²) in [6.45, 7) is 0.115. The van der Waals surface area contributed by atoms with E-state index in [-0.39, 0.29) is 12.5 Å². The van der Waals surface area contributed by atoms with Gasteiger partial charge in [-0.2, -0.15) is 0 Å². The molecule has 25 heavy (non-hydrogen) atoms. The summed E-state index contributed by atoms with van der Waals surface area (Å²) in [7, 11) is 0. The number of aliphatic hydroxyl groups is 1. The average molecular weight is 334 g/mol. The van der Waals surface area contributed by atoms with Crippen molar-refractivity contribution in [2.75, 3.05) is 6.54 Å². The minimum absolute atomic E-state index is 0.115. The Hall–Kier alpha value is -3.18. The SMILES string of the molecule is O=C(NC[C@@H](O)c1ccccc1)c1ccccc1Oc1cccnc1. The molecule has 3 aromatic rings. The number of nitrogens with zero attached hydrogens (tertiary/aromatic N) is 1. The number of amides is 1. The van der Waals surface area contributed by atoms with Gasteiger partial charge in [0, 0.05) is 12.7 Å². The average Bonchev–Trinajstić information content (AvgIpc) is 2.68. The molecule has 0 aliphatic carbocycles. The van der Waals surface area contributed by atoms with Crippen molar-refractivity contribution in [3.63, 3.8) is 0 Å². The first-order valence-corrected chi connectivity index (χ1v) is 7.92. The molecule has 5 heteroatoms. The van der Waals surface area contributed by atoms with Gasteiger partial charge in [0.1, 0.15) is 11.5 Å². The van der Waals surface area contributed by atoms with E-state index in [1.54, 1.807) is 48.8 Å². The van der Waals surface area contributed by atoms with E-state index in [4.69, 9.17) is 4.74 Å². The summed E-state index contributed by atoms with van der Waals surface area (Å²) in [5.74, 6) is 0.670. The number of carbonyl (C=O) groups is 1. The van der Waals surface area contributed by atoms with Crippen molar-refractivity contribution >= 4 is 5.91 Å². The van der Waals surface area contributed by atoms with Gasteiger partial charge in [-0.25, -0.2) is 0 Å². The maximum Gasteiger partial charge on any atom is 0.255 e. The number of pyridine rings is 1. The maximum absolute atomic E-state index is 12.5. The van der Waals surface area contributed by atoms with Crippen LogP contribution in [0.3, 0.4) is 0 Å². The van der Waals surface area contributed by atoms with E-state index in [0.717, 1.165) is 5.56 Å².